The fourth-order valence-corrected chi connectivity index (χ4v) is 4.05. The van der Waals surface area contributed by atoms with Crippen LogP contribution in [-0.2, 0) is 5.41 Å². The van der Waals surface area contributed by atoms with E-state index in [4.69, 9.17) is 0 Å². The Bertz CT molecular complexity index is 571. The molecule has 2 atom stereocenters. The Labute approximate surface area is 126 Å². The predicted molar refractivity (Wildman–Crippen MR) is 87.3 cm³/mol. The van der Waals surface area contributed by atoms with Gasteiger partial charge >= 0.3 is 0 Å². The Kier molecular flexibility index (Phi) is 3.70. The molecule has 0 radical (unpaired) electrons. The van der Waals surface area contributed by atoms with Crippen LogP contribution in [-0.4, -0.2) is 0 Å². The highest BCUT2D eigenvalue weighted by molar-refractivity contribution is 7.10. The number of hydrogen-bond acceptors (Lipinski definition) is 2. The second-order valence-electron chi connectivity index (χ2n) is 6.47. The monoisotopic (exact) mass is 285 g/mol. The normalized spacial score (nSPS) is 22.2. The number of fused-ring (bicyclic) bond motifs is 1. The van der Waals surface area contributed by atoms with Crippen LogP contribution < -0.4 is 5.32 Å². The molecule has 1 aromatic heterocycles. The molecule has 0 spiro atoms. The molecule has 0 saturated carbocycles. The van der Waals surface area contributed by atoms with E-state index in [0.29, 0.717) is 17.5 Å². The maximum Gasteiger partial charge on any atom is 0.0391 e. The number of nitrogens with one attached hydrogen (secondary N) is 1. The molecule has 20 heavy (non-hydrogen) atoms. The van der Waals surface area contributed by atoms with Crippen molar-refractivity contribution in [3.05, 3.63) is 57.8 Å². The molecule has 0 saturated heterocycles. The molecule has 0 aliphatic heterocycles. The van der Waals surface area contributed by atoms with Gasteiger partial charge in [0.15, 0.2) is 0 Å². The molecule has 1 aliphatic carbocycles. The van der Waals surface area contributed by atoms with Crippen molar-refractivity contribution in [2.75, 3.05) is 0 Å². The third-order valence-corrected chi connectivity index (χ3v) is 5.60. The van der Waals surface area contributed by atoms with Crippen molar-refractivity contribution < 1.29 is 0 Å². The number of hydrogen-bond donors (Lipinski definition) is 1. The van der Waals surface area contributed by atoms with Gasteiger partial charge in [-0.25, -0.2) is 0 Å². The zero-order valence-corrected chi connectivity index (χ0v) is 13.3. The van der Waals surface area contributed by atoms with Crippen LogP contribution in [0.3, 0.4) is 0 Å². The van der Waals surface area contributed by atoms with E-state index in [1.54, 1.807) is 0 Å². The van der Waals surface area contributed by atoms with Crippen LogP contribution in [0.4, 0.5) is 0 Å². The molecule has 1 nitrogen and oxygen atoms in total. The highest BCUT2D eigenvalue weighted by Gasteiger charge is 2.32. The van der Waals surface area contributed by atoms with E-state index in [2.05, 4.69) is 67.9 Å². The molecular weight excluding hydrogens is 262 g/mol. The summed E-state index contributed by atoms with van der Waals surface area (Å²) in [6.45, 7) is 7.00. The quantitative estimate of drug-likeness (QED) is 0.816. The second-order valence-corrected chi connectivity index (χ2v) is 7.45. The van der Waals surface area contributed by atoms with Crippen LogP contribution in [0.1, 0.15) is 61.7 Å². The van der Waals surface area contributed by atoms with Gasteiger partial charge in [0.25, 0.3) is 0 Å². The minimum atomic E-state index is 0.306. The van der Waals surface area contributed by atoms with E-state index in [1.807, 2.05) is 11.3 Å². The Morgan fingerprint density at radius 3 is 2.75 bits per heavy atom. The number of benzene rings is 1. The van der Waals surface area contributed by atoms with Crippen LogP contribution in [0.15, 0.2) is 41.8 Å². The van der Waals surface area contributed by atoms with E-state index < -0.39 is 0 Å². The van der Waals surface area contributed by atoms with Crippen molar-refractivity contribution in [1.82, 2.24) is 5.32 Å². The van der Waals surface area contributed by atoms with Gasteiger partial charge in [-0.1, -0.05) is 44.2 Å². The smallest absolute Gasteiger partial charge is 0.0391 e. The lowest BCUT2D eigenvalue weighted by Crippen LogP contribution is -2.33. The van der Waals surface area contributed by atoms with Gasteiger partial charge in [0, 0.05) is 17.0 Å². The number of rotatable bonds is 3. The molecule has 1 aliphatic rings. The predicted octanol–water partition coefficient (Wildman–Crippen LogP) is 5.21. The lowest BCUT2D eigenvalue weighted by Gasteiger charge is -2.38. The van der Waals surface area contributed by atoms with E-state index in [1.165, 1.54) is 28.8 Å². The minimum absolute atomic E-state index is 0.306. The topological polar surface area (TPSA) is 12.0 Å². The molecule has 0 fully saturated rings. The summed E-state index contributed by atoms with van der Waals surface area (Å²) in [5.41, 5.74) is 3.32. The maximum absolute atomic E-state index is 3.83. The van der Waals surface area contributed by atoms with Crippen LogP contribution in [0.25, 0.3) is 0 Å². The zero-order chi connectivity index (χ0) is 14.2. The van der Waals surface area contributed by atoms with Gasteiger partial charge in [-0.05, 0) is 47.8 Å². The highest BCUT2D eigenvalue weighted by atomic mass is 32.1. The summed E-state index contributed by atoms with van der Waals surface area (Å²) in [6.07, 6.45) is 2.47. The first-order valence-corrected chi connectivity index (χ1v) is 8.35. The third kappa shape index (κ3) is 2.55. The average Bonchev–Trinajstić information content (AvgIpc) is 2.96. The van der Waals surface area contributed by atoms with Crippen molar-refractivity contribution in [3.63, 3.8) is 0 Å². The minimum Gasteiger partial charge on any atom is -0.303 e. The first kappa shape index (κ1) is 13.8. The number of thiophene rings is 1. The summed E-state index contributed by atoms with van der Waals surface area (Å²) in [6, 6.07) is 14.2. The van der Waals surface area contributed by atoms with Crippen LogP contribution in [0.2, 0.25) is 0 Å². The molecule has 3 rings (SSSR count). The van der Waals surface area contributed by atoms with E-state index in [-0.39, 0.29) is 0 Å². The molecule has 0 amide bonds. The summed E-state index contributed by atoms with van der Waals surface area (Å²) in [4.78, 5) is 1.42. The Balaban J connectivity index is 1.85. The van der Waals surface area contributed by atoms with Gasteiger partial charge in [-0.3, -0.25) is 0 Å². The summed E-state index contributed by atoms with van der Waals surface area (Å²) in [5.74, 6) is 0. The van der Waals surface area contributed by atoms with Crippen molar-refractivity contribution in [3.8, 4) is 0 Å². The van der Waals surface area contributed by atoms with Crippen LogP contribution in [0, 0.1) is 0 Å². The maximum atomic E-state index is 3.83. The molecular formula is C18H23NS. The zero-order valence-electron chi connectivity index (χ0n) is 12.5. The molecule has 106 valence electrons. The lowest BCUT2D eigenvalue weighted by molar-refractivity contribution is 0.341. The summed E-state index contributed by atoms with van der Waals surface area (Å²) < 4.78 is 0. The third-order valence-electron chi connectivity index (χ3n) is 4.54. The average molecular weight is 285 g/mol. The standard InChI is InChI=1S/C18H23NS/c1-13(17-9-6-12-20-17)19-16-10-11-18(2,3)15-8-5-4-7-14(15)16/h4-9,12-13,16,19H,10-11H2,1-3H3. The molecule has 2 heteroatoms. The van der Waals surface area contributed by atoms with Crippen LogP contribution in [0.5, 0.6) is 0 Å². The van der Waals surface area contributed by atoms with E-state index >= 15 is 0 Å². The fourth-order valence-electron chi connectivity index (χ4n) is 3.31. The molecule has 2 aromatic rings. The van der Waals surface area contributed by atoms with Gasteiger partial charge in [0.1, 0.15) is 0 Å². The van der Waals surface area contributed by atoms with Crippen molar-refractivity contribution >= 4 is 11.3 Å². The summed E-state index contributed by atoms with van der Waals surface area (Å²) in [7, 11) is 0. The summed E-state index contributed by atoms with van der Waals surface area (Å²) >= 11 is 1.84. The van der Waals surface area contributed by atoms with E-state index in [0.717, 1.165) is 0 Å². The molecule has 1 N–H and O–H groups in total. The van der Waals surface area contributed by atoms with Crippen molar-refractivity contribution in [2.45, 2.75) is 51.1 Å². The lowest BCUT2D eigenvalue weighted by atomic mass is 9.71. The first-order valence-electron chi connectivity index (χ1n) is 7.47. The van der Waals surface area contributed by atoms with Gasteiger partial charge in [0.2, 0.25) is 0 Å². The molecule has 2 unspecified atom stereocenters. The van der Waals surface area contributed by atoms with Gasteiger partial charge in [-0.2, -0.15) is 0 Å². The van der Waals surface area contributed by atoms with E-state index in [9.17, 15) is 0 Å². The Hall–Kier alpha value is -1.12. The largest absolute Gasteiger partial charge is 0.303 e. The highest BCUT2D eigenvalue weighted by Crippen LogP contribution is 2.42. The Morgan fingerprint density at radius 1 is 1.20 bits per heavy atom. The van der Waals surface area contributed by atoms with Gasteiger partial charge < -0.3 is 5.32 Å². The van der Waals surface area contributed by atoms with Crippen LogP contribution >= 0.6 is 11.3 Å². The van der Waals surface area contributed by atoms with Crippen molar-refractivity contribution in [2.24, 2.45) is 0 Å². The first-order chi connectivity index (χ1) is 9.58. The second kappa shape index (κ2) is 5.34. The van der Waals surface area contributed by atoms with Gasteiger partial charge in [-0.15, -0.1) is 11.3 Å². The van der Waals surface area contributed by atoms with Crippen molar-refractivity contribution in [1.29, 1.82) is 0 Å². The fraction of sp³-hybridized carbons (Fsp3) is 0.444. The molecule has 1 aromatic carbocycles. The SMILES string of the molecule is CC(NC1CCC(C)(C)c2ccccc21)c1cccs1. The summed E-state index contributed by atoms with van der Waals surface area (Å²) in [5, 5.41) is 5.98. The Morgan fingerprint density at radius 2 is 2.00 bits per heavy atom. The van der Waals surface area contributed by atoms with Gasteiger partial charge in [0.05, 0.1) is 0 Å². The molecule has 0 bridgehead atoms. The molecule has 1 heterocycles.